The van der Waals surface area contributed by atoms with Gasteiger partial charge in [0.25, 0.3) is 0 Å². The van der Waals surface area contributed by atoms with Gasteiger partial charge in [-0.2, -0.15) is 0 Å². The summed E-state index contributed by atoms with van der Waals surface area (Å²) in [6.07, 6.45) is 1.69. The van der Waals surface area contributed by atoms with Gasteiger partial charge in [0.15, 0.2) is 13.0 Å². The first-order valence-corrected chi connectivity index (χ1v) is 7.96. The van der Waals surface area contributed by atoms with Crippen molar-refractivity contribution in [1.82, 2.24) is 0 Å². The second kappa shape index (κ2) is 6.09. The minimum atomic E-state index is -4.64. The molecule has 1 rings (SSSR count). The summed E-state index contributed by atoms with van der Waals surface area (Å²) in [5.74, 6) is 0. The van der Waals surface area contributed by atoms with Crippen molar-refractivity contribution in [2.24, 2.45) is 0 Å². The normalized spacial score (nSPS) is 25.7. The van der Waals surface area contributed by atoms with Gasteiger partial charge in [0.05, 0.1) is 0 Å². The molecule has 4 nitrogen and oxygen atoms in total. The van der Waals surface area contributed by atoms with Crippen molar-refractivity contribution in [3.05, 3.63) is 0 Å². The summed E-state index contributed by atoms with van der Waals surface area (Å²) >= 11 is 35.3. The number of halogens is 6. The van der Waals surface area contributed by atoms with E-state index in [1.807, 2.05) is 0 Å². The molecule has 1 saturated carbocycles. The van der Waals surface area contributed by atoms with Crippen LogP contribution >= 0.6 is 77.4 Å². The minimum absolute atomic E-state index is 0.490. The fraction of sp³-hybridized carbons (Fsp3) is 1.00. The third kappa shape index (κ3) is 5.78. The van der Waals surface area contributed by atoms with Gasteiger partial charge in [-0.15, -0.1) is 0 Å². The van der Waals surface area contributed by atoms with E-state index in [9.17, 15) is 0 Å². The number of hydrogen-bond donors (Lipinski definition) is 3. The van der Waals surface area contributed by atoms with Gasteiger partial charge >= 0.3 is 7.82 Å². The van der Waals surface area contributed by atoms with Gasteiger partial charge in [0.1, 0.15) is 0 Å². The summed E-state index contributed by atoms with van der Waals surface area (Å²) in [5, 5.41) is 0. The second-order valence-corrected chi connectivity index (χ2v) is 8.67. The number of hydrogen-bond acceptors (Lipinski definition) is 1. The van der Waals surface area contributed by atoms with Crippen LogP contribution in [0.4, 0.5) is 0 Å². The largest absolute Gasteiger partial charge is 0.466 e. The van der Waals surface area contributed by atoms with Gasteiger partial charge in [0.2, 0.25) is 0 Å². The molecule has 0 amide bonds. The van der Waals surface area contributed by atoms with E-state index in [4.69, 9.17) is 88.9 Å². The Labute approximate surface area is 128 Å². The van der Waals surface area contributed by atoms with E-state index in [1.54, 1.807) is 0 Å². The number of rotatable bonds is 0. The van der Waals surface area contributed by atoms with E-state index in [0.29, 0.717) is 19.3 Å². The SMILES string of the molecule is ClC1(Cl)CCCC(Cl)(Cl)C1(Cl)Cl.O=P(O)(O)O. The van der Waals surface area contributed by atoms with Crippen LogP contribution in [0.1, 0.15) is 19.3 Å². The minimum Gasteiger partial charge on any atom is -0.303 e. The zero-order valence-corrected chi connectivity index (χ0v) is 13.5. The maximum absolute atomic E-state index is 8.88. The van der Waals surface area contributed by atoms with Crippen LogP contribution in [0.3, 0.4) is 0 Å². The molecular formula is C6H9Cl6O4P. The molecule has 3 N–H and O–H groups in total. The van der Waals surface area contributed by atoms with E-state index in [0.717, 1.165) is 0 Å². The van der Waals surface area contributed by atoms with Gasteiger partial charge in [0, 0.05) is 0 Å². The highest BCUT2D eigenvalue weighted by Crippen LogP contribution is 2.60. The van der Waals surface area contributed by atoms with Crippen LogP contribution in [0, 0.1) is 0 Å². The highest BCUT2D eigenvalue weighted by Gasteiger charge is 2.62. The summed E-state index contributed by atoms with van der Waals surface area (Å²) in [7, 11) is -4.64. The predicted octanol–water partition coefficient (Wildman–Crippen LogP) is 3.76. The Bertz CT molecular complexity index is 287. The van der Waals surface area contributed by atoms with Crippen molar-refractivity contribution in [2.45, 2.75) is 32.3 Å². The number of phosphoric acid groups is 1. The molecule has 1 fully saturated rings. The molecule has 1 aliphatic carbocycles. The fourth-order valence-electron chi connectivity index (χ4n) is 1.11. The summed E-state index contributed by atoms with van der Waals surface area (Å²) in [4.78, 5) is 21.6. The lowest BCUT2D eigenvalue weighted by Crippen LogP contribution is -2.52. The Morgan fingerprint density at radius 2 is 1.06 bits per heavy atom. The molecule has 0 unspecified atom stereocenters. The van der Waals surface area contributed by atoms with Crippen molar-refractivity contribution < 1.29 is 19.2 Å². The topological polar surface area (TPSA) is 77.8 Å². The standard InChI is InChI=1S/C6H6Cl6.H3O4P/c7-4(8)2-1-3-5(9,10)6(4,11)12;1-5(2,3)4/h1-3H2;(H3,1,2,3,4). The molecule has 0 spiro atoms. The first-order valence-electron chi connectivity index (χ1n) is 4.12. The molecule has 0 saturated heterocycles. The molecule has 0 radical (unpaired) electrons. The van der Waals surface area contributed by atoms with Crippen LogP contribution in [-0.2, 0) is 4.57 Å². The average molecular weight is 389 g/mol. The van der Waals surface area contributed by atoms with Gasteiger partial charge < -0.3 is 14.7 Å². The monoisotopic (exact) mass is 386 g/mol. The molecule has 0 bridgehead atoms. The zero-order chi connectivity index (χ0) is 14.1. The lowest BCUT2D eigenvalue weighted by atomic mass is 9.97. The lowest BCUT2D eigenvalue weighted by Gasteiger charge is -2.45. The molecule has 1 aliphatic rings. The van der Waals surface area contributed by atoms with Crippen molar-refractivity contribution in [1.29, 1.82) is 0 Å². The van der Waals surface area contributed by atoms with Crippen LogP contribution in [0.15, 0.2) is 0 Å². The molecule has 17 heavy (non-hydrogen) atoms. The van der Waals surface area contributed by atoms with E-state index >= 15 is 0 Å². The van der Waals surface area contributed by atoms with E-state index < -0.39 is 20.8 Å². The van der Waals surface area contributed by atoms with Crippen LogP contribution in [0.5, 0.6) is 0 Å². The summed E-state index contributed by atoms with van der Waals surface area (Å²) < 4.78 is 4.80. The molecule has 11 heteroatoms. The third-order valence-corrected chi connectivity index (χ3v) is 5.85. The average Bonchev–Trinajstić information content (AvgIpc) is 1.96. The maximum Gasteiger partial charge on any atom is 0.466 e. The molecule has 0 aromatic rings. The van der Waals surface area contributed by atoms with Crippen LogP contribution in [-0.4, -0.2) is 27.7 Å². The van der Waals surface area contributed by atoms with E-state index in [2.05, 4.69) is 0 Å². The molecule has 0 aliphatic heterocycles. The van der Waals surface area contributed by atoms with E-state index in [-0.39, 0.29) is 0 Å². The van der Waals surface area contributed by atoms with Gasteiger partial charge in [-0.25, -0.2) is 4.57 Å². The van der Waals surface area contributed by atoms with Gasteiger partial charge in [-0.05, 0) is 19.3 Å². The van der Waals surface area contributed by atoms with Crippen LogP contribution in [0.25, 0.3) is 0 Å². The van der Waals surface area contributed by atoms with Crippen molar-refractivity contribution in [3.8, 4) is 0 Å². The van der Waals surface area contributed by atoms with Crippen LogP contribution < -0.4 is 0 Å². The van der Waals surface area contributed by atoms with Gasteiger partial charge in [-0.3, -0.25) is 0 Å². The summed E-state index contributed by atoms with van der Waals surface area (Å²) in [5.41, 5.74) is 0. The molecule has 104 valence electrons. The second-order valence-electron chi connectivity index (χ2n) is 3.35. The van der Waals surface area contributed by atoms with Crippen LogP contribution in [0.2, 0.25) is 0 Å². The smallest absolute Gasteiger partial charge is 0.303 e. The molecular weight excluding hydrogens is 380 g/mol. The quantitative estimate of drug-likeness (QED) is 0.436. The Kier molecular flexibility index (Phi) is 6.75. The maximum atomic E-state index is 8.88. The first kappa shape index (κ1) is 18.9. The Morgan fingerprint density at radius 1 is 0.824 bits per heavy atom. The zero-order valence-electron chi connectivity index (χ0n) is 8.09. The summed E-state index contributed by atoms with van der Waals surface area (Å²) in [6.45, 7) is 0. The predicted molar refractivity (Wildman–Crippen MR) is 71.4 cm³/mol. The van der Waals surface area contributed by atoms with Crippen molar-refractivity contribution in [3.63, 3.8) is 0 Å². The fourth-order valence-corrected chi connectivity index (χ4v) is 2.87. The van der Waals surface area contributed by atoms with Crippen molar-refractivity contribution >= 4 is 77.4 Å². The lowest BCUT2D eigenvalue weighted by molar-refractivity contribution is 0.275. The van der Waals surface area contributed by atoms with E-state index in [1.165, 1.54) is 0 Å². The van der Waals surface area contributed by atoms with Gasteiger partial charge in [-0.1, -0.05) is 69.6 Å². The number of alkyl halides is 6. The Balaban J connectivity index is 0.000000437. The molecule has 0 heterocycles. The Hall–Kier alpha value is 1.85. The highest BCUT2D eigenvalue weighted by molar-refractivity contribution is 7.45. The molecule has 0 aromatic carbocycles. The first-order chi connectivity index (χ1) is 7.21. The summed E-state index contributed by atoms with van der Waals surface area (Å²) in [6, 6.07) is 0. The third-order valence-electron chi connectivity index (χ3n) is 1.90. The Morgan fingerprint density at radius 3 is 1.24 bits per heavy atom. The molecule has 0 atom stereocenters. The highest BCUT2D eigenvalue weighted by atomic mass is 35.5. The van der Waals surface area contributed by atoms with Crippen molar-refractivity contribution in [2.75, 3.05) is 0 Å². The molecule has 0 aromatic heterocycles.